The number of benzene rings is 1. The monoisotopic (exact) mass is 416 g/mol. The first-order chi connectivity index (χ1) is 13.7. The number of hydrogen-bond acceptors (Lipinski definition) is 4. The number of aliphatic hydroxyl groups is 1. The van der Waals surface area contributed by atoms with E-state index < -0.39 is 10.9 Å². The van der Waals surface area contributed by atoms with Gasteiger partial charge < -0.3 is 9.84 Å². The van der Waals surface area contributed by atoms with Crippen LogP contribution in [-0.4, -0.2) is 35.0 Å². The molecule has 2 bridgehead atoms. The highest BCUT2D eigenvalue weighted by Crippen LogP contribution is 2.68. The van der Waals surface area contributed by atoms with Crippen molar-refractivity contribution in [2.24, 2.45) is 28.6 Å². The first-order valence-electron chi connectivity index (χ1n) is 11.2. The van der Waals surface area contributed by atoms with Crippen LogP contribution in [0.25, 0.3) is 0 Å². The Morgan fingerprint density at radius 1 is 1.10 bits per heavy atom. The fraction of sp³-hybridized carbons (Fsp3) is 0.720. The molecule has 4 heteroatoms. The molecule has 2 unspecified atom stereocenters. The van der Waals surface area contributed by atoms with E-state index in [-0.39, 0.29) is 28.8 Å². The van der Waals surface area contributed by atoms with Crippen LogP contribution in [0.5, 0.6) is 0 Å². The van der Waals surface area contributed by atoms with Crippen molar-refractivity contribution < 1.29 is 14.6 Å². The molecule has 0 spiro atoms. The van der Waals surface area contributed by atoms with Crippen LogP contribution in [0.15, 0.2) is 35.2 Å². The Bertz CT molecular complexity index is 767. The summed E-state index contributed by atoms with van der Waals surface area (Å²) in [6, 6.07) is 10.2. The van der Waals surface area contributed by atoms with Crippen LogP contribution in [0.4, 0.5) is 0 Å². The number of methoxy groups -OCH3 is 1. The third-order valence-electron chi connectivity index (χ3n) is 9.13. The van der Waals surface area contributed by atoms with Crippen LogP contribution in [0.2, 0.25) is 0 Å². The van der Waals surface area contributed by atoms with E-state index in [9.17, 15) is 9.90 Å². The van der Waals surface area contributed by atoms with E-state index >= 15 is 0 Å². The Balaban J connectivity index is 1.81. The molecule has 160 valence electrons. The predicted octanol–water partition coefficient (Wildman–Crippen LogP) is 5.35. The van der Waals surface area contributed by atoms with Crippen molar-refractivity contribution >= 4 is 17.5 Å². The van der Waals surface area contributed by atoms with E-state index in [1.807, 2.05) is 18.2 Å². The minimum Gasteiger partial charge on any atom is -0.392 e. The van der Waals surface area contributed by atoms with Crippen molar-refractivity contribution in [3.8, 4) is 0 Å². The number of rotatable bonds is 3. The molecule has 0 saturated heterocycles. The Morgan fingerprint density at radius 3 is 2.41 bits per heavy atom. The maximum atomic E-state index is 14.0. The normalized spacial score (nSPS) is 47.4. The van der Waals surface area contributed by atoms with E-state index in [1.54, 1.807) is 18.9 Å². The predicted molar refractivity (Wildman–Crippen MR) is 118 cm³/mol. The molecule has 3 saturated carbocycles. The summed E-state index contributed by atoms with van der Waals surface area (Å²) < 4.78 is 5.35. The summed E-state index contributed by atoms with van der Waals surface area (Å²) in [5.41, 5.74) is -0.290. The number of ether oxygens (including phenoxy) is 1. The Hall–Kier alpha value is -0.840. The Morgan fingerprint density at radius 2 is 1.76 bits per heavy atom. The lowest BCUT2D eigenvalue weighted by atomic mass is 9.45. The lowest BCUT2D eigenvalue weighted by molar-refractivity contribution is -0.182. The van der Waals surface area contributed by atoms with E-state index in [0.717, 1.165) is 30.6 Å². The Labute approximate surface area is 180 Å². The molecule has 0 radical (unpaired) electrons. The van der Waals surface area contributed by atoms with E-state index in [1.165, 1.54) is 0 Å². The van der Waals surface area contributed by atoms with Gasteiger partial charge in [-0.3, -0.25) is 4.79 Å². The molecule has 3 aliphatic rings. The molecule has 0 aliphatic heterocycles. The van der Waals surface area contributed by atoms with Crippen LogP contribution in [0, 0.1) is 28.6 Å². The average Bonchev–Trinajstić information content (AvgIpc) is 3.10. The maximum Gasteiger partial charge on any atom is 0.152 e. The molecule has 3 aliphatic carbocycles. The summed E-state index contributed by atoms with van der Waals surface area (Å²) >= 11 is 1.64. The van der Waals surface area contributed by atoms with Gasteiger partial charge in [0.05, 0.1) is 17.0 Å². The lowest BCUT2D eigenvalue weighted by Crippen LogP contribution is -2.63. The minimum absolute atomic E-state index is 0.0202. The number of thioether (sulfide) groups is 1. The van der Waals surface area contributed by atoms with Gasteiger partial charge >= 0.3 is 0 Å². The molecule has 0 heterocycles. The molecule has 0 amide bonds. The molecular formula is C25H36O3S. The number of aliphatic hydroxyl groups excluding tert-OH is 1. The second-order valence-corrected chi connectivity index (χ2v) is 11.9. The second kappa shape index (κ2) is 7.39. The maximum absolute atomic E-state index is 14.0. The standard InChI is InChI=1S/C25H36O3S/c1-16-11-13-25-14-12-19(28-5)21(25)24(16,4)20(26)15-23(3,22(27)17(25)2)29-18-9-7-6-8-10-18/h6-10,16-17,19-21,26H,11-15H2,1-5H3/t16-,17+,19-,20-,21?,23-,24+,25?/m1/s1. The number of ketones is 1. The van der Waals surface area contributed by atoms with Crippen LogP contribution in [0.3, 0.4) is 0 Å². The van der Waals surface area contributed by atoms with E-state index in [2.05, 4.69) is 39.8 Å². The van der Waals surface area contributed by atoms with Crippen molar-refractivity contribution in [2.75, 3.05) is 7.11 Å². The zero-order valence-corrected chi connectivity index (χ0v) is 19.3. The van der Waals surface area contributed by atoms with Crippen molar-refractivity contribution in [3.05, 3.63) is 30.3 Å². The van der Waals surface area contributed by atoms with E-state index in [4.69, 9.17) is 4.74 Å². The number of carbonyl (C=O) groups is 1. The zero-order valence-electron chi connectivity index (χ0n) is 18.5. The molecule has 1 aromatic rings. The van der Waals surface area contributed by atoms with Gasteiger partial charge in [-0.05, 0) is 68.4 Å². The summed E-state index contributed by atoms with van der Waals surface area (Å²) in [6.07, 6.45) is 4.30. The summed E-state index contributed by atoms with van der Waals surface area (Å²) in [5, 5.41) is 11.7. The summed E-state index contributed by atoms with van der Waals surface area (Å²) in [7, 11) is 1.81. The largest absolute Gasteiger partial charge is 0.392 e. The van der Waals surface area contributed by atoms with E-state index in [0.29, 0.717) is 18.1 Å². The summed E-state index contributed by atoms with van der Waals surface area (Å²) in [5.74, 6) is 0.943. The molecule has 0 aromatic heterocycles. The van der Waals surface area contributed by atoms with Gasteiger partial charge in [-0.15, -0.1) is 11.8 Å². The van der Waals surface area contributed by atoms with Crippen molar-refractivity contribution in [1.29, 1.82) is 0 Å². The van der Waals surface area contributed by atoms with Gasteiger partial charge in [0.25, 0.3) is 0 Å². The fourth-order valence-corrected chi connectivity index (χ4v) is 8.58. The third kappa shape index (κ3) is 3.04. The van der Waals surface area contributed by atoms with Crippen molar-refractivity contribution in [2.45, 2.75) is 81.6 Å². The van der Waals surface area contributed by atoms with Gasteiger partial charge in [0.2, 0.25) is 0 Å². The topological polar surface area (TPSA) is 46.5 Å². The molecule has 3 fully saturated rings. The number of carbonyl (C=O) groups excluding carboxylic acids is 1. The van der Waals surface area contributed by atoms with Crippen LogP contribution < -0.4 is 0 Å². The summed E-state index contributed by atoms with van der Waals surface area (Å²) in [4.78, 5) is 15.1. The quantitative estimate of drug-likeness (QED) is 0.721. The van der Waals surface area contributed by atoms with Gasteiger partial charge in [-0.25, -0.2) is 0 Å². The minimum atomic E-state index is -0.623. The second-order valence-electron chi connectivity index (χ2n) is 10.3. The molecule has 1 N–H and O–H groups in total. The van der Waals surface area contributed by atoms with Crippen molar-refractivity contribution in [3.63, 3.8) is 0 Å². The highest BCUT2D eigenvalue weighted by atomic mass is 32.2. The third-order valence-corrected chi connectivity index (χ3v) is 10.5. The van der Waals surface area contributed by atoms with Gasteiger partial charge in [0, 0.05) is 23.3 Å². The molecule has 4 rings (SSSR count). The summed E-state index contributed by atoms with van der Waals surface area (Å²) in [6.45, 7) is 8.82. The van der Waals surface area contributed by atoms with Gasteiger partial charge in [0.1, 0.15) is 0 Å². The highest BCUT2D eigenvalue weighted by molar-refractivity contribution is 8.01. The molecular weight excluding hydrogens is 380 g/mol. The Kier molecular flexibility index (Phi) is 5.45. The highest BCUT2D eigenvalue weighted by Gasteiger charge is 2.67. The van der Waals surface area contributed by atoms with Crippen molar-refractivity contribution in [1.82, 2.24) is 0 Å². The molecule has 1 aromatic carbocycles. The van der Waals surface area contributed by atoms with Gasteiger partial charge in [-0.1, -0.05) is 39.0 Å². The van der Waals surface area contributed by atoms with Crippen LogP contribution in [-0.2, 0) is 9.53 Å². The zero-order chi connectivity index (χ0) is 21.0. The molecule has 3 nitrogen and oxygen atoms in total. The molecule has 8 atom stereocenters. The lowest BCUT2D eigenvalue weighted by Gasteiger charge is -2.61. The smallest absolute Gasteiger partial charge is 0.152 e. The van der Waals surface area contributed by atoms with Gasteiger partial charge in [-0.2, -0.15) is 0 Å². The molecule has 29 heavy (non-hydrogen) atoms. The van der Waals surface area contributed by atoms with Crippen LogP contribution in [0.1, 0.15) is 59.8 Å². The SMILES string of the molecule is CO[C@@H]1CCC23CC[C@@H](C)[C@](C)(C12)[C@H](O)C[C@@](C)(Sc1ccccc1)C(=O)[C@@H]3C. The number of hydrogen-bond donors (Lipinski definition) is 1. The average molecular weight is 417 g/mol. The first-order valence-corrected chi connectivity index (χ1v) is 12.0. The van der Waals surface area contributed by atoms with Crippen LogP contribution >= 0.6 is 11.8 Å². The fourth-order valence-electron chi connectivity index (χ4n) is 7.25. The number of Topliss-reactive ketones (excluding diaryl/α,β-unsaturated/α-hetero) is 1. The van der Waals surface area contributed by atoms with Gasteiger partial charge in [0.15, 0.2) is 5.78 Å². The first kappa shape index (κ1) is 21.4.